The number of aryl methyl sites for hydroxylation is 1. The molecule has 3 heteroatoms. The van der Waals surface area contributed by atoms with Crippen LogP contribution in [0.15, 0.2) is 11.4 Å². The average Bonchev–Trinajstić information content (AvgIpc) is 2.88. The van der Waals surface area contributed by atoms with Crippen LogP contribution in [0.25, 0.3) is 0 Å². The van der Waals surface area contributed by atoms with E-state index in [0.29, 0.717) is 5.54 Å². The molecule has 0 atom stereocenters. The van der Waals surface area contributed by atoms with E-state index in [1.165, 1.54) is 70.0 Å². The van der Waals surface area contributed by atoms with Crippen LogP contribution < -0.4 is 0 Å². The summed E-state index contributed by atoms with van der Waals surface area (Å²) in [5, 5.41) is 2.34. The predicted molar refractivity (Wildman–Crippen MR) is 86.5 cm³/mol. The molecule has 0 unspecified atom stereocenters. The molecule has 0 aromatic carbocycles. The van der Waals surface area contributed by atoms with Gasteiger partial charge in [-0.25, -0.2) is 0 Å². The molecule has 2 aliphatic rings. The van der Waals surface area contributed by atoms with Crippen molar-refractivity contribution in [2.24, 2.45) is 0 Å². The van der Waals surface area contributed by atoms with E-state index in [-0.39, 0.29) is 12.4 Å². The van der Waals surface area contributed by atoms with Crippen LogP contribution in [-0.4, -0.2) is 18.0 Å². The fourth-order valence-electron chi connectivity index (χ4n) is 3.85. The maximum absolute atomic E-state index is 2.83. The van der Waals surface area contributed by atoms with Gasteiger partial charge in [-0.05, 0) is 62.7 Å². The molecule has 19 heavy (non-hydrogen) atoms. The van der Waals surface area contributed by atoms with Gasteiger partial charge in [-0.2, -0.15) is 0 Å². The Balaban J connectivity index is 0.00000133. The van der Waals surface area contributed by atoms with Crippen molar-refractivity contribution >= 4 is 23.7 Å². The van der Waals surface area contributed by atoms with E-state index >= 15 is 0 Å². The predicted octanol–water partition coefficient (Wildman–Crippen LogP) is 5.12. The molecule has 1 aliphatic heterocycles. The smallest absolute Gasteiger partial charge is 0.0553 e. The number of piperidine rings is 1. The summed E-state index contributed by atoms with van der Waals surface area (Å²) in [5.74, 6) is 0. The van der Waals surface area contributed by atoms with E-state index in [1.807, 2.05) is 11.3 Å². The number of nitrogens with zero attached hydrogens (tertiary/aromatic N) is 1. The number of likely N-dealkylation sites (tertiary alicyclic amines) is 1. The molecule has 2 heterocycles. The van der Waals surface area contributed by atoms with Gasteiger partial charge in [0.25, 0.3) is 0 Å². The first-order valence-electron chi connectivity index (χ1n) is 7.62. The van der Waals surface area contributed by atoms with Gasteiger partial charge in [0.2, 0.25) is 0 Å². The molecule has 1 aromatic rings. The van der Waals surface area contributed by atoms with Gasteiger partial charge in [0, 0.05) is 4.88 Å². The second kappa shape index (κ2) is 6.60. The van der Waals surface area contributed by atoms with Crippen molar-refractivity contribution < 1.29 is 0 Å². The Hall–Kier alpha value is -0.0500. The first-order valence-corrected chi connectivity index (χ1v) is 8.50. The monoisotopic (exact) mass is 299 g/mol. The third kappa shape index (κ3) is 3.01. The van der Waals surface area contributed by atoms with E-state index in [9.17, 15) is 0 Å². The largest absolute Gasteiger partial charge is 0.293 e. The fourth-order valence-corrected chi connectivity index (χ4v) is 5.04. The molecule has 1 aliphatic carbocycles. The maximum atomic E-state index is 2.83. The summed E-state index contributed by atoms with van der Waals surface area (Å²) in [5.41, 5.74) is 1.87. The molecule has 0 N–H and O–H groups in total. The summed E-state index contributed by atoms with van der Waals surface area (Å²) in [6.07, 6.45) is 11.3. The van der Waals surface area contributed by atoms with Gasteiger partial charge >= 0.3 is 0 Å². The molecule has 1 aromatic heterocycles. The Morgan fingerprint density at radius 3 is 2.21 bits per heavy atom. The van der Waals surface area contributed by atoms with Gasteiger partial charge in [0.1, 0.15) is 0 Å². The SMILES string of the molecule is Cc1csc(C2(N3CCCCC3)CCCCC2)c1.Cl. The molecule has 1 saturated heterocycles. The summed E-state index contributed by atoms with van der Waals surface area (Å²) < 4.78 is 0. The van der Waals surface area contributed by atoms with Crippen molar-refractivity contribution in [2.75, 3.05) is 13.1 Å². The zero-order chi connectivity index (χ0) is 12.4. The van der Waals surface area contributed by atoms with Crippen molar-refractivity contribution in [3.05, 3.63) is 21.9 Å². The van der Waals surface area contributed by atoms with E-state index in [4.69, 9.17) is 0 Å². The second-order valence-corrected chi connectivity index (χ2v) is 7.04. The summed E-state index contributed by atoms with van der Waals surface area (Å²) in [6.45, 7) is 4.90. The van der Waals surface area contributed by atoms with Crippen LogP contribution in [0.1, 0.15) is 61.8 Å². The van der Waals surface area contributed by atoms with Crippen molar-refractivity contribution in [2.45, 2.75) is 63.8 Å². The van der Waals surface area contributed by atoms with Crippen LogP contribution >= 0.6 is 23.7 Å². The van der Waals surface area contributed by atoms with Crippen molar-refractivity contribution in [3.8, 4) is 0 Å². The lowest BCUT2D eigenvalue weighted by Crippen LogP contribution is -2.49. The molecular formula is C16H26ClNS. The summed E-state index contributed by atoms with van der Waals surface area (Å²) in [7, 11) is 0. The van der Waals surface area contributed by atoms with Crippen molar-refractivity contribution in [1.82, 2.24) is 4.90 Å². The van der Waals surface area contributed by atoms with E-state index in [0.717, 1.165) is 0 Å². The molecule has 2 fully saturated rings. The summed E-state index contributed by atoms with van der Waals surface area (Å²) in [6, 6.07) is 2.46. The van der Waals surface area contributed by atoms with Gasteiger partial charge < -0.3 is 0 Å². The van der Waals surface area contributed by atoms with Crippen LogP contribution in [0.2, 0.25) is 0 Å². The van der Waals surface area contributed by atoms with Crippen LogP contribution in [0.4, 0.5) is 0 Å². The molecule has 1 nitrogen and oxygen atoms in total. The second-order valence-electron chi connectivity index (χ2n) is 6.13. The van der Waals surface area contributed by atoms with E-state index < -0.39 is 0 Å². The van der Waals surface area contributed by atoms with E-state index in [2.05, 4.69) is 23.3 Å². The zero-order valence-electron chi connectivity index (χ0n) is 12.0. The molecule has 0 spiro atoms. The Bertz CT molecular complexity index is 389. The van der Waals surface area contributed by atoms with Gasteiger partial charge in [0.15, 0.2) is 0 Å². The minimum Gasteiger partial charge on any atom is -0.293 e. The molecule has 0 bridgehead atoms. The van der Waals surface area contributed by atoms with Gasteiger partial charge in [-0.15, -0.1) is 23.7 Å². The minimum absolute atomic E-state index is 0. The Morgan fingerprint density at radius 2 is 1.63 bits per heavy atom. The van der Waals surface area contributed by atoms with Crippen LogP contribution in [0.3, 0.4) is 0 Å². The third-order valence-corrected chi connectivity index (χ3v) is 6.07. The van der Waals surface area contributed by atoms with Crippen LogP contribution in [0.5, 0.6) is 0 Å². The molecule has 0 amide bonds. The number of halogens is 1. The van der Waals surface area contributed by atoms with Gasteiger partial charge in [-0.1, -0.05) is 25.7 Å². The summed E-state index contributed by atoms with van der Waals surface area (Å²) in [4.78, 5) is 4.49. The fraction of sp³-hybridized carbons (Fsp3) is 0.750. The van der Waals surface area contributed by atoms with Crippen molar-refractivity contribution in [1.29, 1.82) is 0 Å². The molecular weight excluding hydrogens is 274 g/mol. The Morgan fingerprint density at radius 1 is 1.00 bits per heavy atom. The molecule has 1 saturated carbocycles. The number of thiophene rings is 1. The standard InChI is InChI=1S/C16H25NS.ClH/c1-14-12-15(18-13-14)16(8-4-2-5-9-16)17-10-6-3-7-11-17;/h12-13H,2-11H2,1H3;1H. The number of hydrogen-bond acceptors (Lipinski definition) is 2. The summed E-state index contributed by atoms with van der Waals surface area (Å²) >= 11 is 2.01. The lowest BCUT2D eigenvalue weighted by Gasteiger charge is -2.48. The first kappa shape index (κ1) is 15.3. The maximum Gasteiger partial charge on any atom is 0.0553 e. The Labute approximate surface area is 127 Å². The van der Waals surface area contributed by atoms with Gasteiger partial charge in [0.05, 0.1) is 5.54 Å². The quantitative estimate of drug-likeness (QED) is 0.732. The first-order chi connectivity index (χ1) is 8.81. The van der Waals surface area contributed by atoms with Gasteiger partial charge in [-0.3, -0.25) is 4.90 Å². The highest BCUT2D eigenvalue weighted by atomic mass is 35.5. The third-order valence-electron chi connectivity index (χ3n) is 4.83. The van der Waals surface area contributed by atoms with Crippen LogP contribution in [0, 0.1) is 6.92 Å². The molecule has 3 rings (SSSR count). The zero-order valence-corrected chi connectivity index (χ0v) is 13.6. The van der Waals surface area contributed by atoms with Crippen LogP contribution in [-0.2, 0) is 5.54 Å². The highest BCUT2D eigenvalue weighted by molar-refractivity contribution is 7.10. The topological polar surface area (TPSA) is 3.24 Å². The van der Waals surface area contributed by atoms with Crippen molar-refractivity contribution in [3.63, 3.8) is 0 Å². The lowest BCUT2D eigenvalue weighted by molar-refractivity contribution is 0.0332. The number of hydrogen-bond donors (Lipinski definition) is 0. The van der Waals surface area contributed by atoms with E-state index in [1.54, 1.807) is 4.88 Å². The Kier molecular flexibility index (Phi) is 5.33. The highest BCUT2D eigenvalue weighted by Gasteiger charge is 2.40. The normalized spacial score (nSPS) is 23.8. The minimum atomic E-state index is 0. The molecule has 108 valence electrons. The highest BCUT2D eigenvalue weighted by Crippen LogP contribution is 2.45. The molecule has 0 radical (unpaired) electrons. The lowest BCUT2D eigenvalue weighted by atomic mass is 9.78. The number of rotatable bonds is 2. The average molecular weight is 300 g/mol.